The summed E-state index contributed by atoms with van der Waals surface area (Å²) in [7, 11) is -9.93. The van der Waals surface area contributed by atoms with Gasteiger partial charge in [0.05, 0.1) is 11.4 Å². The summed E-state index contributed by atoms with van der Waals surface area (Å²) in [5.74, 6) is -0.772. The van der Waals surface area contributed by atoms with Gasteiger partial charge in [-0.05, 0) is 47.5 Å². The zero-order valence-electron chi connectivity index (χ0n) is 23.4. The summed E-state index contributed by atoms with van der Waals surface area (Å²) in [5.41, 5.74) is 7.61. The average Bonchev–Trinajstić information content (AvgIpc) is 3.03. The Bertz CT molecular complexity index is 2140. The molecule has 0 aliphatic heterocycles. The van der Waals surface area contributed by atoms with Crippen LogP contribution in [0.25, 0.3) is 23.3 Å². The Morgan fingerprint density at radius 2 is 0.891 bits per heavy atom. The van der Waals surface area contributed by atoms with Crippen LogP contribution in [0.2, 0.25) is 0 Å². The van der Waals surface area contributed by atoms with Crippen LogP contribution in [0.4, 0.5) is 11.4 Å². The van der Waals surface area contributed by atoms with Crippen LogP contribution in [-0.2, 0) is 29.8 Å². The zero-order valence-corrected chi connectivity index (χ0v) is 25.1. The predicted molar refractivity (Wildman–Crippen MR) is 173 cm³/mol. The number of benzene rings is 4. The number of fused-ring (bicyclic) bond motifs is 2. The topological polar surface area (TPSA) is 192 Å². The molecule has 0 unspecified atom stereocenters. The maximum Gasteiger partial charge on any atom is 0.295 e. The highest BCUT2D eigenvalue weighted by atomic mass is 32.2. The van der Waals surface area contributed by atoms with E-state index in [-0.39, 0.29) is 45.5 Å². The van der Waals surface area contributed by atoms with E-state index in [2.05, 4.69) is 21.1 Å². The number of hydrazone groups is 2. The summed E-state index contributed by atoms with van der Waals surface area (Å²) in [4.78, 5) is 23.6. The van der Waals surface area contributed by atoms with Crippen LogP contribution >= 0.6 is 0 Å². The number of carbonyl (C=O) groups excluding carboxylic acids is 2. The first-order valence-corrected chi connectivity index (χ1v) is 16.3. The van der Waals surface area contributed by atoms with Crippen LogP contribution in [0.3, 0.4) is 0 Å². The smallest absolute Gasteiger partial charge is 0.287 e. The van der Waals surface area contributed by atoms with Crippen molar-refractivity contribution in [1.82, 2.24) is 0 Å². The number of ketones is 2. The second-order valence-electron chi connectivity index (χ2n) is 10.1. The molecule has 0 fully saturated rings. The quantitative estimate of drug-likeness (QED) is 0.161. The van der Waals surface area contributed by atoms with Gasteiger partial charge >= 0.3 is 0 Å². The van der Waals surface area contributed by atoms with Gasteiger partial charge in [0.2, 0.25) is 11.6 Å². The average molecular weight is 655 g/mol. The molecule has 0 spiro atoms. The third-order valence-corrected chi connectivity index (χ3v) is 8.92. The summed E-state index contributed by atoms with van der Waals surface area (Å²) in [6.45, 7) is 0. The summed E-state index contributed by atoms with van der Waals surface area (Å²) < 4.78 is 70.1. The first kappa shape index (κ1) is 30.5. The molecule has 4 aromatic carbocycles. The molecule has 14 heteroatoms. The van der Waals surface area contributed by atoms with Gasteiger partial charge in [-0.15, -0.1) is 0 Å². The number of nitrogens with one attached hydrogen (secondary N) is 2. The molecule has 2 aliphatic rings. The van der Waals surface area contributed by atoms with Gasteiger partial charge in [-0.2, -0.15) is 27.0 Å². The highest BCUT2D eigenvalue weighted by Crippen LogP contribution is 2.36. The first-order chi connectivity index (χ1) is 21.9. The Hall–Kier alpha value is -5.54. The monoisotopic (exact) mass is 654 g/mol. The van der Waals surface area contributed by atoms with Crippen LogP contribution in [0.1, 0.15) is 22.3 Å². The Morgan fingerprint density at radius 3 is 1.28 bits per heavy atom. The highest BCUT2D eigenvalue weighted by Gasteiger charge is 2.25. The van der Waals surface area contributed by atoms with E-state index in [1.165, 1.54) is 36.4 Å². The molecule has 12 nitrogen and oxygen atoms in total. The fourth-order valence-corrected chi connectivity index (χ4v) is 6.46. The van der Waals surface area contributed by atoms with Crippen molar-refractivity contribution in [2.75, 3.05) is 10.9 Å². The molecule has 2 aliphatic carbocycles. The standard InChI is InChI=1S/C32H22N4O8S2/c37-27-15-9-19-5-1-3-7-23(19)31(27)35-33-21-11-13-25(29(17-21)45(39,40)41)26-14-12-22(18-30(26)46(42,43)44)34-36-32-24-8-4-2-6-20(24)10-16-28(32)38/h1-18,33-34H,(H,39,40,41)(H,42,43,44)/b35-31-,36-32-. The molecule has 46 heavy (non-hydrogen) atoms. The van der Waals surface area contributed by atoms with Gasteiger partial charge in [0.1, 0.15) is 21.2 Å². The molecule has 0 saturated heterocycles. The van der Waals surface area contributed by atoms with Gasteiger partial charge in [0.25, 0.3) is 20.2 Å². The van der Waals surface area contributed by atoms with Crippen LogP contribution in [-0.4, -0.2) is 48.9 Å². The van der Waals surface area contributed by atoms with Crippen molar-refractivity contribution >= 4 is 66.8 Å². The predicted octanol–water partition coefficient (Wildman–Crippen LogP) is 4.67. The summed E-state index contributed by atoms with van der Waals surface area (Å²) in [5, 5.41) is 8.31. The van der Waals surface area contributed by atoms with Crippen molar-refractivity contribution in [3.05, 3.63) is 119 Å². The van der Waals surface area contributed by atoms with E-state index in [0.717, 1.165) is 23.3 Å². The van der Waals surface area contributed by atoms with Crippen LogP contribution < -0.4 is 10.9 Å². The molecule has 0 radical (unpaired) electrons. The Labute approximate surface area is 263 Å². The molecule has 0 atom stereocenters. The van der Waals surface area contributed by atoms with Crippen LogP contribution in [0, 0.1) is 0 Å². The van der Waals surface area contributed by atoms with E-state index in [0.29, 0.717) is 11.1 Å². The fourth-order valence-electron chi connectivity index (χ4n) is 5.00. The molecule has 230 valence electrons. The van der Waals surface area contributed by atoms with E-state index >= 15 is 0 Å². The summed E-state index contributed by atoms with van der Waals surface area (Å²) >= 11 is 0. The van der Waals surface area contributed by atoms with Gasteiger partial charge < -0.3 is 0 Å². The minimum Gasteiger partial charge on any atom is -0.287 e. The number of hydrogen-bond acceptors (Lipinski definition) is 10. The largest absolute Gasteiger partial charge is 0.295 e. The van der Waals surface area contributed by atoms with Crippen LogP contribution in [0.15, 0.2) is 117 Å². The molecule has 0 amide bonds. The molecule has 6 rings (SSSR count). The van der Waals surface area contributed by atoms with Crippen molar-refractivity contribution in [2.24, 2.45) is 10.2 Å². The normalized spacial score (nSPS) is 16.0. The lowest BCUT2D eigenvalue weighted by Crippen LogP contribution is -2.19. The molecule has 0 heterocycles. The molecule has 0 aromatic heterocycles. The highest BCUT2D eigenvalue weighted by molar-refractivity contribution is 7.86. The number of rotatable bonds is 7. The summed E-state index contributed by atoms with van der Waals surface area (Å²) in [6, 6.07) is 21.2. The van der Waals surface area contributed by atoms with Crippen molar-refractivity contribution in [3.8, 4) is 11.1 Å². The lowest BCUT2D eigenvalue weighted by atomic mass is 9.95. The van der Waals surface area contributed by atoms with Crippen molar-refractivity contribution < 1.29 is 35.5 Å². The molecule has 4 aromatic rings. The number of allylic oxidation sites excluding steroid dienone is 2. The van der Waals surface area contributed by atoms with Gasteiger partial charge in [-0.3, -0.25) is 29.5 Å². The van der Waals surface area contributed by atoms with E-state index in [1.54, 1.807) is 60.7 Å². The SMILES string of the molecule is O=C1C=Cc2ccccc2/C1=N/Nc1ccc(-c2ccc(N/N=C3\C(=O)C=Cc4ccccc43)cc2S(=O)(=O)O)c(S(=O)(=O)O)c1. The van der Waals surface area contributed by atoms with Crippen molar-refractivity contribution in [1.29, 1.82) is 0 Å². The van der Waals surface area contributed by atoms with Crippen molar-refractivity contribution in [3.63, 3.8) is 0 Å². The van der Waals surface area contributed by atoms with E-state index in [4.69, 9.17) is 0 Å². The first-order valence-electron chi connectivity index (χ1n) is 13.4. The summed E-state index contributed by atoms with van der Waals surface area (Å²) in [6.07, 6.45) is 5.99. The number of carbonyl (C=O) groups is 2. The number of nitrogens with zero attached hydrogens (tertiary/aromatic N) is 2. The number of anilines is 2. The lowest BCUT2D eigenvalue weighted by molar-refractivity contribution is -0.109. The Balaban J connectivity index is 1.37. The maximum absolute atomic E-state index is 12.5. The van der Waals surface area contributed by atoms with E-state index in [9.17, 15) is 35.5 Å². The fraction of sp³-hybridized carbons (Fsp3) is 0. The van der Waals surface area contributed by atoms with Gasteiger partial charge in [-0.25, -0.2) is 0 Å². The Kier molecular flexibility index (Phi) is 7.79. The lowest BCUT2D eigenvalue weighted by Gasteiger charge is -2.15. The number of hydrogen-bond donors (Lipinski definition) is 4. The molecule has 0 bridgehead atoms. The van der Waals surface area contributed by atoms with Crippen molar-refractivity contribution in [2.45, 2.75) is 9.79 Å². The molecule has 0 saturated carbocycles. The minimum absolute atomic E-state index is 0.0534. The second kappa shape index (κ2) is 11.8. The maximum atomic E-state index is 12.5. The minimum atomic E-state index is -4.96. The van der Waals surface area contributed by atoms with Crippen LogP contribution in [0.5, 0.6) is 0 Å². The molecular formula is C32H22N4O8S2. The third kappa shape index (κ3) is 6.05. The third-order valence-electron chi connectivity index (χ3n) is 7.13. The van der Waals surface area contributed by atoms with Gasteiger partial charge in [0.15, 0.2) is 0 Å². The van der Waals surface area contributed by atoms with Gasteiger partial charge in [0, 0.05) is 22.3 Å². The second-order valence-corrected chi connectivity index (χ2v) is 12.9. The molecular weight excluding hydrogens is 633 g/mol. The van der Waals surface area contributed by atoms with E-state index < -0.39 is 30.0 Å². The zero-order chi connectivity index (χ0) is 32.6. The van der Waals surface area contributed by atoms with E-state index in [1.807, 2.05) is 0 Å². The van der Waals surface area contributed by atoms with Gasteiger partial charge in [-0.1, -0.05) is 72.8 Å². The molecule has 4 N–H and O–H groups in total. The Morgan fingerprint density at radius 1 is 0.500 bits per heavy atom.